The quantitative estimate of drug-likeness (QED) is 0.718. The Hall–Kier alpha value is -2.94. The molecule has 0 fully saturated rings. The van der Waals surface area contributed by atoms with E-state index < -0.39 is 10.0 Å². The number of benzene rings is 2. The molecule has 0 aliphatic carbocycles. The SMILES string of the molecule is COc1ccc(NS(=O)(=O)c2cc3c(cc2C)n(C)c(=O)n3C)cc1OC. The van der Waals surface area contributed by atoms with Gasteiger partial charge in [0.1, 0.15) is 0 Å². The third-order valence-electron chi connectivity index (χ3n) is 4.49. The summed E-state index contributed by atoms with van der Waals surface area (Å²) >= 11 is 0. The molecule has 2 aromatic carbocycles. The van der Waals surface area contributed by atoms with Crippen LogP contribution in [-0.4, -0.2) is 31.8 Å². The van der Waals surface area contributed by atoms with Crippen molar-refractivity contribution in [3.63, 3.8) is 0 Å². The van der Waals surface area contributed by atoms with Gasteiger partial charge in [-0.3, -0.25) is 13.9 Å². The predicted octanol–water partition coefficient (Wildman–Crippen LogP) is 2.00. The fourth-order valence-electron chi connectivity index (χ4n) is 3.03. The minimum absolute atomic E-state index is 0.103. The van der Waals surface area contributed by atoms with Crippen LogP contribution < -0.4 is 19.9 Å². The lowest BCUT2D eigenvalue weighted by Crippen LogP contribution is -2.19. The lowest BCUT2D eigenvalue weighted by Gasteiger charge is -2.13. The molecule has 27 heavy (non-hydrogen) atoms. The number of rotatable bonds is 5. The second-order valence-electron chi connectivity index (χ2n) is 6.18. The maximum absolute atomic E-state index is 12.9. The summed E-state index contributed by atoms with van der Waals surface area (Å²) in [6.45, 7) is 1.69. The monoisotopic (exact) mass is 391 g/mol. The van der Waals surface area contributed by atoms with Gasteiger partial charge in [0.2, 0.25) is 0 Å². The molecule has 0 bridgehead atoms. The van der Waals surface area contributed by atoms with Gasteiger partial charge < -0.3 is 9.47 Å². The van der Waals surface area contributed by atoms with Gasteiger partial charge in [0.15, 0.2) is 11.5 Å². The van der Waals surface area contributed by atoms with Crippen molar-refractivity contribution in [1.29, 1.82) is 0 Å². The maximum atomic E-state index is 12.9. The summed E-state index contributed by atoms with van der Waals surface area (Å²) in [7, 11) is 2.37. The van der Waals surface area contributed by atoms with Crippen LogP contribution in [0.5, 0.6) is 11.5 Å². The topological polar surface area (TPSA) is 91.6 Å². The van der Waals surface area contributed by atoms with Gasteiger partial charge >= 0.3 is 5.69 Å². The molecule has 144 valence electrons. The van der Waals surface area contributed by atoms with E-state index in [0.29, 0.717) is 33.8 Å². The van der Waals surface area contributed by atoms with E-state index in [2.05, 4.69) is 4.72 Å². The van der Waals surface area contributed by atoms with E-state index in [9.17, 15) is 13.2 Å². The van der Waals surface area contributed by atoms with Crippen LogP contribution in [0.3, 0.4) is 0 Å². The molecule has 0 radical (unpaired) electrons. The minimum Gasteiger partial charge on any atom is -0.493 e. The first-order chi connectivity index (χ1) is 12.7. The van der Waals surface area contributed by atoms with Gasteiger partial charge in [-0.25, -0.2) is 13.2 Å². The summed E-state index contributed by atoms with van der Waals surface area (Å²) < 4.78 is 41.7. The number of hydrogen-bond acceptors (Lipinski definition) is 5. The normalized spacial score (nSPS) is 11.6. The minimum atomic E-state index is -3.87. The zero-order chi connectivity index (χ0) is 19.9. The average Bonchev–Trinajstić information content (AvgIpc) is 2.84. The second-order valence-corrected chi connectivity index (χ2v) is 7.83. The lowest BCUT2D eigenvalue weighted by molar-refractivity contribution is 0.355. The number of fused-ring (bicyclic) bond motifs is 1. The first-order valence-corrected chi connectivity index (χ1v) is 9.59. The smallest absolute Gasteiger partial charge is 0.328 e. The van der Waals surface area contributed by atoms with Crippen molar-refractivity contribution in [2.45, 2.75) is 11.8 Å². The van der Waals surface area contributed by atoms with Crippen molar-refractivity contribution in [3.8, 4) is 11.5 Å². The second kappa shape index (κ2) is 6.66. The highest BCUT2D eigenvalue weighted by Gasteiger charge is 2.21. The van der Waals surface area contributed by atoms with Crippen molar-refractivity contribution in [2.75, 3.05) is 18.9 Å². The summed E-state index contributed by atoms with van der Waals surface area (Å²) in [5.74, 6) is 0.910. The molecule has 0 saturated heterocycles. The van der Waals surface area contributed by atoms with Crippen LogP contribution in [0.1, 0.15) is 5.56 Å². The summed E-state index contributed by atoms with van der Waals surface area (Å²) in [6.07, 6.45) is 0. The molecule has 0 atom stereocenters. The number of sulfonamides is 1. The Kier molecular flexibility index (Phi) is 4.64. The summed E-state index contributed by atoms with van der Waals surface area (Å²) in [4.78, 5) is 12.2. The molecular weight excluding hydrogens is 370 g/mol. The average molecular weight is 391 g/mol. The van der Waals surface area contributed by atoms with Gasteiger partial charge in [0.05, 0.1) is 35.8 Å². The first kappa shape index (κ1) is 18.8. The van der Waals surface area contributed by atoms with Crippen LogP contribution in [0.4, 0.5) is 5.69 Å². The molecule has 3 aromatic rings. The van der Waals surface area contributed by atoms with Crippen LogP contribution in [-0.2, 0) is 24.1 Å². The number of nitrogens with one attached hydrogen (secondary N) is 1. The molecular formula is C18H21N3O5S. The molecule has 1 heterocycles. The molecule has 0 spiro atoms. The highest BCUT2D eigenvalue weighted by atomic mass is 32.2. The lowest BCUT2D eigenvalue weighted by atomic mass is 10.2. The Bertz CT molecular complexity index is 1190. The number of imidazole rings is 1. The van der Waals surface area contributed by atoms with E-state index in [1.54, 1.807) is 45.3 Å². The Balaban J connectivity index is 2.09. The zero-order valence-corrected chi connectivity index (χ0v) is 16.5. The van der Waals surface area contributed by atoms with Gasteiger partial charge in [0, 0.05) is 20.2 Å². The fraction of sp³-hybridized carbons (Fsp3) is 0.278. The number of aromatic nitrogens is 2. The molecule has 0 saturated carbocycles. The van der Waals surface area contributed by atoms with Crippen LogP contribution in [0, 0.1) is 6.92 Å². The summed E-state index contributed by atoms with van der Waals surface area (Å²) in [5, 5.41) is 0. The first-order valence-electron chi connectivity index (χ1n) is 8.10. The molecule has 0 aliphatic heterocycles. The fourth-order valence-corrected chi connectivity index (χ4v) is 4.33. The maximum Gasteiger partial charge on any atom is 0.328 e. The van der Waals surface area contributed by atoms with Crippen molar-refractivity contribution >= 4 is 26.7 Å². The molecule has 3 rings (SSSR count). The van der Waals surface area contributed by atoms with Gasteiger partial charge in [-0.15, -0.1) is 0 Å². The Labute approximate surface area is 157 Å². The van der Waals surface area contributed by atoms with E-state index in [0.717, 1.165) is 0 Å². The van der Waals surface area contributed by atoms with E-state index in [-0.39, 0.29) is 10.6 Å². The standard InChI is InChI=1S/C18H21N3O5S/c1-11-8-13-14(21(3)18(22)20(13)2)10-17(11)27(23,24)19-12-6-7-15(25-4)16(9-12)26-5/h6-10,19H,1-5H3. The van der Waals surface area contributed by atoms with Gasteiger partial charge in [0.25, 0.3) is 10.0 Å². The van der Waals surface area contributed by atoms with E-state index in [4.69, 9.17) is 9.47 Å². The van der Waals surface area contributed by atoms with Crippen LogP contribution in [0.25, 0.3) is 11.0 Å². The third kappa shape index (κ3) is 3.14. The number of hydrogen-bond donors (Lipinski definition) is 1. The molecule has 8 nitrogen and oxygen atoms in total. The summed E-state index contributed by atoms with van der Waals surface area (Å²) in [6, 6.07) is 7.95. The van der Waals surface area contributed by atoms with Crippen LogP contribution in [0.15, 0.2) is 40.0 Å². The van der Waals surface area contributed by atoms with Crippen LogP contribution >= 0.6 is 0 Å². The van der Waals surface area contributed by atoms with Crippen molar-refractivity contribution in [2.24, 2.45) is 14.1 Å². The number of ether oxygens (including phenoxy) is 2. The van der Waals surface area contributed by atoms with Crippen molar-refractivity contribution < 1.29 is 17.9 Å². The van der Waals surface area contributed by atoms with Crippen molar-refractivity contribution in [3.05, 3.63) is 46.4 Å². The Morgan fingerprint density at radius 2 is 1.52 bits per heavy atom. The van der Waals surface area contributed by atoms with E-state index >= 15 is 0 Å². The predicted molar refractivity (Wildman–Crippen MR) is 103 cm³/mol. The Morgan fingerprint density at radius 3 is 2.11 bits per heavy atom. The van der Waals surface area contributed by atoms with Gasteiger partial charge in [-0.2, -0.15) is 0 Å². The van der Waals surface area contributed by atoms with E-state index in [1.807, 2.05) is 0 Å². The molecule has 1 aromatic heterocycles. The largest absolute Gasteiger partial charge is 0.493 e. The summed E-state index contributed by atoms with van der Waals surface area (Å²) in [5.41, 5.74) is 1.88. The highest BCUT2D eigenvalue weighted by molar-refractivity contribution is 7.92. The molecule has 0 unspecified atom stereocenters. The number of methoxy groups -OCH3 is 2. The van der Waals surface area contributed by atoms with E-state index in [1.165, 1.54) is 29.4 Å². The Morgan fingerprint density at radius 1 is 0.926 bits per heavy atom. The zero-order valence-electron chi connectivity index (χ0n) is 15.7. The third-order valence-corrected chi connectivity index (χ3v) is 6.02. The van der Waals surface area contributed by atoms with Crippen LogP contribution in [0.2, 0.25) is 0 Å². The van der Waals surface area contributed by atoms with Crippen molar-refractivity contribution in [1.82, 2.24) is 9.13 Å². The highest BCUT2D eigenvalue weighted by Crippen LogP contribution is 2.31. The number of nitrogens with zero attached hydrogens (tertiary/aromatic N) is 2. The molecule has 1 N–H and O–H groups in total. The molecule has 9 heteroatoms. The number of aryl methyl sites for hydroxylation is 3. The molecule has 0 amide bonds. The van der Waals surface area contributed by atoms with Gasteiger partial charge in [-0.1, -0.05) is 0 Å². The number of anilines is 1. The van der Waals surface area contributed by atoms with Gasteiger partial charge in [-0.05, 0) is 36.8 Å². The molecule has 0 aliphatic rings.